The van der Waals surface area contributed by atoms with Crippen LogP contribution in [0.1, 0.15) is 33.6 Å². The van der Waals surface area contributed by atoms with Gasteiger partial charge in [-0.05, 0) is 33.6 Å². The summed E-state index contributed by atoms with van der Waals surface area (Å²) < 4.78 is 0. The Morgan fingerprint density at radius 3 is 2.24 bits per heavy atom. The Hall–Kier alpha value is -1.10. The van der Waals surface area contributed by atoms with Crippen LogP contribution >= 0.6 is 0 Å². The van der Waals surface area contributed by atoms with Crippen molar-refractivity contribution < 1.29 is 14.7 Å². The Kier molecular flexibility index (Phi) is 4.51. The summed E-state index contributed by atoms with van der Waals surface area (Å²) in [6.07, 6.45) is 1.13. The fraction of sp³-hybridized carbons (Fsp3) is 0.833. The number of amides is 1. The number of carbonyl (C=O) groups is 2. The van der Waals surface area contributed by atoms with E-state index in [-0.39, 0.29) is 17.4 Å². The third kappa shape index (κ3) is 4.73. The second-order valence-corrected chi connectivity index (χ2v) is 5.60. The van der Waals surface area contributed by atoms with Crippen LogP contribution in [0.15, 0.2) is 0 Å². The first-order chi connectivity index (χ1) is 7.79. The minimum absolute atomic E-state index is 0.0590. The van der Waals surface area contributed by atoms with Gasteiger partial charge < -0.3 is 15.3 Å². The van der Waals surface area contributed by atoms with Crippen molar-refractivity contribution in [2.45, 2.75) is 39.2 Å². The lowest BCUT2D eigenvalue weighted by Crippen LogP contribution is -2.47. The van der Waals surface area contributed by atoms with Crippen LogP contribution in [0, 0.1) is 5.92 Å². The molecule has 0 aromatic rings. The molecule has 0 aliphatic carbocycles. The number of piperidine rings is 1. The minimum Gasteiger partial charge on any atom is -0.481 e. The van der Waals surface area contributed by atoms with Gasteiger partial charge in [-0.1, -0.05) is 0 Å². The fourth-order valence-corrected chi connectivity index (χ4v) is 1.83. The highest BCUT2D eigenvalue weighted by Gasteiger charge is 2.27. The number of nitrogens with one attached hydrogen (secondary N) is 1. The van der Waals surface area contributed by atoms with Gasteiger partial charge in [-0.3, -0.25) is 9.59 Å². The Morgan fingerprint density at radius 2 is 1.82 bits per heavy atom. The summed E-state index contributed by atoms with van der Waals surface area (Å²) in [7, 11) is 0. The van der Waals surface area contributed by atoms with Crippen LogP contribution in [0.25, 0.3) is 0 Å². The molecule has 0 saturated carbocycles. The molecule has 17 heavy (non-hydrogen) atoms. The number of nitrogens with zero attached hydrogens (tertiary/aromatic N) is 1. The molecule has 1 fully saturated rings. The molecule has 5 nitrogen and oxygen atoms in total. The SMILES string of the molecule is CC(C)(C)NCC(=O)N1CCC(C(=O)O)CC1. The molecule has 0 atom stereocenters. The summed E-state index contributed by atoms with van der Waals surface area (Å²) in [5, 5.41) is 12.0. The van der Waals surface area contributed by atoms with Gasteiger partial charge in [0.2, 0.25) is 5.91 Å². The summed E-state index contributed by atoms with van der Waals surface area (Å²) in [5.74, 6) is -0.969. The van der Waals surface area contributed by atoms with Crippen LogP contribution in [-0.2, 0) is 9.59 Å². The molecule has 0 bridgehead atoms. The fourth-order valence-electron chi connectivity index (χ4n) is 1.83. The van der Waals surface area contributed by atoms with Gasteiger partial charge in [-0.15, -0.1) is 0 Å². The highest BCUT2D eigenvalue weighted by molar-refractivity contribution is 5.79. The van der Waals surface area contributed by atoms with Gasteiger partial charge in [0.15, 0.2) is 0 Å². The number of rotatable bonds is 3. The first kappa shape index (κ1) is 14.0. The van der Waals surface area contributed by atoms with E-state index in [4.69, 9.17) is 5.11 Å². The number of carboxylic acids is 1. The number of carboxylic acid groups (broad SMARTS) is 1. The summed E-state index contributed by atoms with van der Waals surface area (Å²) in [6, 6.07) is 0. The van der Waals surface area contributed by atoms with E-state index in [9.17, 15) is 9.59 Å². The Labute approximate surface area is 102 Å². The van der Waals surface area contributed by atoms with Gasteiger partial charge in [0.25, 0.3) is 0 Å². The van der Waals surface area contributed by atoms with E-state index in [2.05, 4.69) is 5.32 Å². The lowest BCUT2D eigenvalue weighted by molar-refractivity contribution is -0.145. The van der Waals surface area contributed by atoms with Crippen LogP contribution in [0.3, 0.4) is 0 Å². The van der Waals surface area contributed by atoms with Gasteiger partial charge in [-0.25, -0.2) is 0 Å². The average molecular weight is 242 g/mol. The topological polar surface area (TPSA) is 69.6 Å². The van der Waals surface area contributed by atoms with Crippen molar-refractivity contribution in [1.29, 1.82) is 0 Å². The molecule has 0 radical (unpaired) electrons. The van der Waals surface area contributed by atoms with Crippen molar-refractivity contribution in [3.05, 3.63) is 0 Å². The summed E-state index contributed by atoms with van der Waals surface area (Å²) in [6.45, 7) is 7.47. The highest BCUT2D eigenvalue weighted by Crippen LogP contribution is 2.17. The zero-order valence-corrected chi connectivity index (χ0v) is 10.8. The lowest BCUT2D eigenvalue weighted by Gasteiger charge is -2.31. The number of hydrogen-bond acceptors (Lipinski definition) is 3. The smallest absolute Gasteiger partial charge is 0.306 e. The largest absolute Gasteiger partial charge is 0.481 e. The first-order valence-electron chi connectivity index (χ1n) is 6.05. The van der Waals surface area contributed by atoms with Crippen molar-refractivity contribution in [2.24, 2.45) is 5.92 Å². The maximum absolute atomic E-state index is 11.8. The normalized spacial score (nSPS) is 18.2. The molecule has 1 saturated heterocycles. The lowest BCUT2D eigenvalue weighted by atomic mass is 9.97. The Bertz CT molecular complexity index is 289. The molecule has 0 aromatic heterocycles. The Balaban J connectivity index is 2.33. The predicted molar refractivity (Wildman–Crippen MR) is 64.7 cm³/mol. The monoisotopic (exact) mass is 242 g/mol. The molecule has 2 N–H and O–H groups in total. The van der Waals surface area contributed by atoms with Crippen LogP contribution < -0.4 is 5.32 Å². The molecular formula is C12H22N2O3. The van der Waals surface area contributed by atoms with Crippen LogP contribution in [0.2, 0.25) is 0 Å². The molecule has 0 spiro atoms. The van der Waals surface area contributed by atoms with Gasteiger partial charge in [-0.2, -0.15) is 0 Å². The Morgan fingerprint density at radius 1 is 1.29 bits per heavy atom. The van der Waals surface area contributed by atoms with E-state index in [1.807, 2.05) is 20.8 Å². The van der Waals surface area contributed by atoms with Gasteiger partial charge >= 0.3 is 5.97 Å². The maximum atomic E-state index is 11.8. The van der Waals surface area contributed by atoms with Gasteiger partial charge in [0.05, 0.1) is 12.5 Å². The van der Waals surface area contributed by atoms with E-state index in [0.717, 1.165) is 0 Å². The van der Waals surface area contributed by atoms with Crippen LogP contribution in [0.5, 0.6) is 0 Å². The molecule has 5 heteroatoms. The van der Waals surface area contributed by atoms with Gasteiger partial charge in [0, 0.05) is 18.6 Å². The number of aliphatic carboxylic acids is 1. The molecule has 98 valence electrons. The predicted octanol–water partition coefficient (Wildman–Crippen LogP) is 0.698. The average Bonchev–Trinajstić information content (AvgIpc) is 2.25. The number of carbonyl (C=O) groups excluding carboxylic acids is 1. The van der Waals surface area contributed by atoms with E-state index in [1.165, 1.54) is 0 Å². The van der Waals surface area contributed by atoms with E-state index in [0.29, 0.717) is 32.5 Å². The van der Waals surface area contributed by atoms with Crippen molar-refractivity contribution in [3.8, 4) is 0 Å². The van der Waals surface area contributed by atoms with Crippen molar-refractivity contribution >= 4 is 11.9 Å². The summed E-state index contributed by atoms with van der Waals surface area (Å²) in [5.41, 5.74) is -0.0744. The molecule has 1 aliphatic rings. The third-order valence-electron chi connectivity index (χ3n) is 2.97. The standard InChI is InChI=1S/C12H22N2O3/c1-12(2,3)13-8-10(15)14-6-4-9(5-7-14)11(16)17/h9,13H,4-8H2,1-3H3,(H,16,17). The first-order valence-corrected chi connectivity index (χ1v) is 6.05. The van der Waals surface area contributed by atoms with Gasteiger partial charge in [0.1, 0.15) is 0 Å². The molecule has 1 aliphatic heterocycles. The third-order valence-corrected chi connectivity index (χ3v) is 2.97. The van der Waals surface area contributed by atoms with Crippen molar-refractivity contribution in [3.63, 3.8) is 0 Å². The zero-order valence-electron chi connectivity index (χ0n) is 10.8. The molecule has 1 heterocycles. The molecule has 1 rings (SSSR count). The molecule has 1 amide bonds. The molecule has 0 aromatic carbocycles. The molecular weight excluding hydrogens is 220 g/mol. The van der Waals surface area contributed by atoms with Crippen molar-refractivity contribution in [1.82, 2.24) is 10.2 Å². The van der Waals surface area contributed by atoms with Crippen LogP contribution in [-0.4, -0.2) is 47.1 Å². The van der Waals surface area contributed by atoms with Crippen molar-refractivity contribution in [2.75, 3.05) is 19.6 Å². The number of likely N-dealkylation sites (tertiary alicyclic amines) is 1. The second-order valence-electron chi connectivity index (χ2n) is 5.60. The summed E-state index contributed by atoms with van der Waals surface area (Å²) >= 11 is 0. The molecule has 0 unspecified atom stereocenters. The zero-order chi connectivity index (χ0) is 13.1. The summed E-state index contributed by atoms with van der Waals surface area (Å²) in [4.78, 5) is 24.4. The highest BCUT2D eigenvalue weighted by atomic mass is 16.4. The van der Waals surface area contributed by atoms with E-state index in [1.54, 1.807) is 4.90 Å². The second kappa shape index (κ2) is 5.49. The minimum atomic E-state index is -0.745. The van der Waals surface area contributed by atoms with E-state index >= 15 is 0 Å². The maximum Gasteiger partial charge on any atom is 0.306 e. The quantitative estimate of drug-likeness (QED) is 0.764. The van der Waals surface area contributed by atoms with E-state index < -0.39 is 5.97 Å². The van der Waals surface area contributed by atoms with Crippen LogP contribution in [0.4, 0.5) is 0 Å². The number of hydrogen-bond donors (Lipinski definition) is 2.